The van der Waals surface area contributed by atoms with Gasteiger partial charge in [-0.25, -0.2) is 4.68 Å². The number of para-hydroxylation sites is 1. The second-order valence-electron chi connectivity index (χ2n) is 8.33. The van der Waals surface area contributed by atoms with Crippen LogP contribution in [0.2, 0.25) is 0 Å². The summed E-state index contributed by atoms with van der Waals surface area (Å²) in [5.41, 5.74) is 7.58. The average molecular weight is 429 g/mol. The molecular formula is C26H28N4O2. The Bertz CT molecular complexity index is 1290. The highest BCUT2D eigenvalue weighted by Gasteiger charge is 2.20. The van der Waals surface area contributed by atoms with E-state index in [9.17, 15) is 4.79 Å². The number of hydrogen-bond acceptors (Lipinski definition) is 4. The molecule has 0 radical (unpaired) electrons. The van der Waals surface area contributed by atoms with E-state index < -0.39 is 6.10 Å². The fourth-order valence-corrected chi connectivity index (χ4v) is 4.12. The predicted octanol–water partition coefficient (Wildman–Crippen LogP) is 5.37. The third kappa shape index (κ3) is 4.08. The van der Waals surface area contributed by atoms with Gasteiger partial charge < -0.3 is 10.1 Å². The van der Waals surface area contributed by atoms with Crippen LogP contribution in [0.25, 0.3) is 16.7 Å². The van der Waals surface area contributed by atoms with Gasteiger partial charge >= 0.3 is 0 Å². The van der Waals surface area contributed by atoms with Gasteiger partial charge in [0.1, 0.15) is 0 Å². The molecule has 0 spiro atoms. The van der Waals surface area contributed by atoms with Crippen LogP contribution in [-0.4, -0.2) is 26.8 Å². The lowest BCUT2D eigenvalue weighted by molar-refractivity contribution is -0.122. The van der Waals surface area contributed by atoms with E-state index in [2.05, 4.69) is 22.5 Å². The summed E-state index contributed by atoms with van der Waals surface area (Å²) in [6.45, 7) is 11.7. The highest BCUT2D eigenvalue weighted by molar-refractivity contribution is 5.95. The molecule has 0 bridgehead atoms. The zero-order chi connectivity index (χ0) is 23.0. The molecule has 2 aromatic heterocycles. The van der Waals surface area contributed by atoms with Gasteiger partial charge in [-0.3, -0.25) is 4.79 Å². The third-order valence-corrected chi connectivity index (χ3v) is 5.58. The summed E-state index contributed by atoms with van der Waals surface area (Å²) in [6.07, 6.45) is -0.714. The van der Waals surface area contributed by atoms with E-state index >= 15 is 0 Å². The van der Waals surface area contributed by atoms with Gasteiger partial charge in [-0.15, -0.1) is 0 Å². The number of pyridine rings is 1. The Labute approximate surface area is 188 Å². The summed E-state index contributed by atoms with van der Waals surface area (Å²) in [6, 6.07) is 15.8. The first kappa shape index (κ1) is 21.6. The molecule has 164 valence electrons. The Morgan fingerprint density at radius 2 is 1.62 bits per heavy atom. The smallest absolute Gasteiger partial charge is 0.265 e. The summed E-state index contributed by atoms with van der Waals surface area (Å²) < 4.78 is 7.79. The maximum atomic E-state index is 12.9. The zero-order valence-electron chi connectivity index (χ0n) is 19.4. The molecular weight excluding hydrogens is 400 g/mol. The highest BCUT2D eigenvalue weighted by Crippen LogP contribution is 2.27. The minimum atomic E-state index is -0.714. The van der Waals surface area contributed by atoms with E-state index in [0.29, 0.717) is 11.5 Å². The van der Waals surface area contributed by atoms with E-state index in [1.165, 1.54) is 5.56 Å². The fourth-order valence-electron chi connectivity index (χ4n) is 4.12. The lowest BCUT2D eigenvalue weighted by atomic mass is 10.0. The highest BCUT2D eigenvalue weighted by atomic mass is 16.5. The number of amides is 1. The first-order valence-electron chi connectivity index (χ1n) is 10.7. The molecule has 0 aliphatic heterocycles. The number of fused-ring (bicyclic) bond motifs is 1. The molecule has 0 aliphatic carbocycles. The number of carbonyl (C=O) groups excluding carboxylic acids is 1. The minimum Gasteiger partial charge on any atom is -0.464 e. The van der Waals surface area contributed by atoms with Crippen LogP contribution < -0.4 is 10.1 Å². The van der Waals surface area contributed by atoms with Crippen molar-refractivity contribution < 1.29 is 9.53 Å². The third-order valence-electron chi connectivity index (χ3n) is 5.58. The Morgan fingerprint density at radius 1 is 0.969 bits per heavy atom. The van der Waals surface area contributed by atoms with E-state index in [1.807, 2.05) is 75.7 Å². The summed E-state index contributed by atoms with van der Waals surface area (Å²) in [5, 5.41) is 8.68. The van der Waals surface area contributed by atoms with Crippen molar-refractivity contribution in [3.05, 3.63) is 76.5 Å². The van der Waals surface area contributed by atoms with E-state index in [-0.39, 0.29) is 5.91 Å². The van der Waals surface area contributed by atoms with Crippen LogP contribution in [0.5, 0.6) is 5.88 Å². The van der Waals surface area contributed by atoms with Crippen molar-refractivity contribution in [2.45, 2.75) is 47.6 Å². The Hall–Kier alpha value is -3.67. The monoisotopic (exact) mass is 428 g/mol. The summed E-state index contributed by atoms with van der Waals surface area (Å²) in [5.74, 6) is 0.180. The second kappa shape index (κ2) is 8.46. The van der Waals surface area contributed by atoms with Gasteiger partial charge in [-0.1, -0.05) is 35.9 Å². The van der Waals surface area contributed by atoms with Gasteiger partial charge in [0.15, 0.2) is 11.8 Å². The first-order valence-corrected chi connectivity index (χ1v) is 10.7. The Morgan fingerprint density at radius 3 is 2.28 bits per heavy atom. The van der Waals surface area contributed by atoms with Crippen molar-refractivity contribution >= 4 is 22.6 Å². The van der Waals surface area contributed by atoms with Crippen LogP contribution >= 0.6 is 0 Å². The molecule has 1 amide bonds. The molecule has 1 unspecified atom stereocenters. The quantitative estimate of drug-likeness (QED) is 0.464. The first-order chi connectivity index (χ1) is 15.2. The van der Waals surface area contributed by atoms with Gasteiger partial charge in [0.25, 0.3) is 5.91 Å². The molecule has 1 atom stereocenters. The van der Waals surface area contributed by atoms with Gasteiger partial charge in [0.05, 0.1) is 11.4 Å². The maximum Gasteiger partial charge on any atom is 0.265 e. The van der Waals surface area contributed by atoms with Gasteiger partial charge in [-0.2, -0.15) is 10.1 Å². The Balaban J connectivity index is 1.62. The number of rotatable bonds is 5. The molecule has 1 N–H and O–H groups in total. The molecule has 2 heterocycles. The molecule has 0 saturated heterocycles. The molecule has 4 rings (SSSR count). The van der Waals surface area contributed by atoms with Crippen molar-refractivity contribution in [2.24, 2.45) is 0 Å². The molecule has 0 aliphatic rings. The lowest BCUT2D eigenvalue weighted by Crippen LogP contribution is -2.31. The number of aromatic nitrogens is 3. The van der Waals surface area contributed by atoms with E-state index in [0.717, 1.165) is 39.1 Å². The predicted molar refractivity (Wildman–Crippen MR) is 128 cm³/mol. The summed E-state index contributed by atoms with van der Waals surface area (Å²) in [4.78, 5) is 17.6. The van der Waals surface area contributed by atoms with Crippen molar-refractivity contribution in [2.75, 3.05) is 5.32 Å². The second-order valence-corrected chi connectivity index (χ2v) is 8.33. The van der Waals surface area contributed by atoms with Crippen LogP contribution in [0, 0.1) is 34.6 Å². The van der Waals surface area contributed by atoms with Crippen molar-refractivity contribution in [3.63, 3.8) is 0 Å². The molecule has 6 heteroatoms. The summed E-state index contributed by atoms with van der Waals surface area (Å²) in [7, 11) is 0. The van der Waals surface area contributed by atoms with Gasteiger partial charge in [0, 0.05) is 17.1 Å². The maximum absolute atomic E-state index is 12.9. The average Bonchev–Trinajstić information content (AvgIpc) is 3.08. The van der Waals surface area contributed by atoms with Gasteiger partial charge in [-0.05, 0) is 70.4 Å². The molecule has 0 saturated carbocycles. The number of aryl methyl sites for hydroxylation is 5. The molecule has 4 aromatic rings. The number of benzene rings is 2. The standard InChI is InChI=1S/C26H28N4O2/c1-15-12-17(3)24(18(4)13-15)28-26(31)20(6)32-22-14-16(2)23-19(5)29-30(25(23)27-22)21-10-8-7-9-11-21/h7-14,20H,1-6H3,(H,28,31). The summed E-state index contributed by atoms with van der Waals surface area (Å²) >= 11 is 0. The minimum absolute atomic E-state index is 0.215. The molecule has 6 nitrogen and oxygen atoms in total. The number of nitrogens with one attached hydrogen (secondary N) is 1. The Kier molecular flexibility index (Phi) is 5.70. The lowest BCUT2D eigenvalue weighted by Gasteiger charge is -2.17. The number of anilines is 1. The molecule has 0 fully saturated rings. The van der Waals surface area contributed by atoms with Crippen molar-refractivity contribution in [3.8, 4) is 11.6 Å². The fraction of sp³-hybridized carbons (Fsp3) is 0.269. The van der Waals surface area contributed by atoms with Crippen LogP contribution in [0.3, 0.4) is 0 Å². The van der Waals surface area contributed by atoms with Crippen LogP contribution in [0.4, 0.5) is 5.69 Å². The number of nitrogens with zero attached hydrogens (tertiary/aromatic N) is 3. The van der Waals surface area contributed by atoms with E-state index in [4.69, 9.17) is 9.72 Å². The van der Waals surface area contributed by atoms with Crippen LogP contribution in [-0.2, 0) is 4.79 Å². The zero-order valence-corrected chi connectivity index (χ0v) is 19.4. The number of ether oxygens (including phenoxy) is 1. The van der Waals surface area contributed by atoms with Gasteiger partial charge in [0.2, 0.25) is 5.88 Å². The van der Waals surface area contributed by atoms with Crippen molar-refractivity contribution in [1.29, 1.82) is 0 Å². The normalized spacial score (nSPS) is 12.1. The largest absolute Gasteiger partial charge is 0.464 e. The topological polar surface area (TPSA) is 69.0 Å². The molecule has 32 heavy (non-hydrogen) atoms. The van der Waals surface area contributed by atoms with Crippen LogP contribution in [0.1, 0.15) is 34.9 Å². The SMILES string of the molecule is Cc1cc(C)c(NC(=O)C(C)Oc2cc(C)c3c(C)nn(-c4ccccc4)c3n2)c(C)c1. The molecule has 2 aromatic carbocycles. The number of carbonyl (C=O) groups is 1. The van der Waals surface area contributed by atoms with Crippen LogP contribution in [0.15, 0.2) is 48.5 Å². The van der Waals surface area contributed by atoms with E-state index in [1.54, 1.807) is 6.92 Å². The van der Waals surface area contributed by atoms with Crippen molar-refractivity contribution in [1.82, 2.24) is 14.8 Å². The number of hydrogen-bond donors (Lipinski definition) is 1.